The fourth-order valence-electron chi connectivity index (χ4n) is 2.25. The molecule has 2 rings (SSSR count). The summed E-state index contributed by atoms with van der Waals surface area (Å²) in [6.45, 7) is 1.81. The number of hydrogen-bond acceptors (Lipinski definition) is 4. The Hall–Kier alpha value is -2.44. The van der Waals surface area contributed by atoms with Crippen molar-refractivity contribution in [3.63, 3.8) is 0 Å². The minimum absolute atomic E-state index is 0.197. The predicted octanol–water partition coefficient (Wildman–Crippen LogP) is 1.64. The third kappa shape index (κ3) is 3.81. The van der Waals surface area contributed by atoms with Gasteiger partial charge in [-0.15, -0.1) is 0 Å². The van der Waals surface area contributed by atoms with Crippen LogP contribution in [0.15, 0.2) is 29.4 Å². The van der Waals surface area contributed by atoms with Crippen molar-refractivity contribution in [2.45, 2.75) is 25.9 Å². The van der Waals surface area contributed by atoms with E-state index in [9.17, 15) is 14.0 Å². The molecule has 118 valence electrons. The summed E-state index contributed by atoms with van der Waals surface area (Å²) in [6.07, 6.45) is -0.0185. The third-order valence-electron chi connectivity index (χ3n) is 3.23. The second-order valence-electron chi connectivity index (χ2n) is 5.00. The molecule has 0 saturated carbocycles. The van der Waals surface area contributed by atoms with Crippen molar-refractivity contribution in [3.05, 3.63) is 35.6 Å². The van der Waals surface area contributed by atoms with Gasteiger partial charge in [-0.05, 0) is 18.6 Å². The second kappa shape index (κ2) is 7.02. The van der Waals surface area contributed by atoms with E-state index in [0.717, 1.165) is 0 Å². The Bertz CT molecular complexity index is 603. The highest BCUT2D eigenvalue weighted by Gasteiger charge is 2.32. The van der Waals surface area contributed by atoms with Crippen molar-refractivity contribution >= 4 is 17.6 Å². The van der Waals surface area contributed by atoms with Crippen LogP contribution in [0.2, 0.25) is 0 Å². The zero-order valence-corrected chi connectivity index (χ0v) is 12.2. The molecule has 0 fully saturated rings. The summed E-state index contributed by atoms with van der Waals surface area (Å²) in [5.74, 6) is -1.89. The van der Waals surface area contributed by atoms with Crippen LogP contribution in [0.1, 0.15) is 25.3 Å². The maximum Gasteiger partial charge on any atom is 0.323 e. The molecule has 22 heavy (non-hydrogen) atoms. The van der Waals surface area contributed by atoms with E-state index in [1.807, 2.05) is 6.92 Å². The lowest BCUT2D eigenvalue weighted by Crippen LogP contribution is -2.42. The van der Waals surface area contributed by atoms with Crippen LogP contribution in [-0.2, 0) is 14.4 Å². The van der Waals surface area contributed by atoms with E-state index in [4.69, 9.17) is 9.94 Å². The average molecular weight is 308 g/mol. The van der Waals surface area contributed by atoms with Crippen LogP contribution in [0, 0.1) is 5.82 Å². The van der Waals surface area contributed by atoms with Crippen LogP contribution in [0.3, 0.4) is 0 Å². The van der Waals surface area contributed by atoms with E-state index in [2.05, 4.69) is 5.16 Å². The summed E-state index contributed by atoms with van der Waals surface area (Å²) in [5, 5.41) is 12.7. The van der Waals surface area contributed by atoms with E-state index >= 15 is 0 Å². The number of benzene rings is 1. The second-order valence-corrected chi connectivity index (χ2v) is 5.00. The minimum Gasteiger partial charge on any atom is -0.480 e. The first kappa shape index (κ1) is 15.9. The number of rotatable bonds is 6. The molecule has 1 heterocycles. The lowest BCUT2D eigenvalue weighted by molar-refractivity contribution is -0.149. The first-order valence-electron chi connectivity index (χ1n) is 7.00. The summed E-state index contributed by atoms with van der Waals surface area (Å²) < 4.78 is 13.2. The predicted molar refractivity (Wildman–Crippen MR) is 76.9 cm³/mol. The standard InChI is InChI=1S/C15H17FN2O4/c1-2-6-18(9-14(19)20)15(21)13-8-12(17-22-13)10-4-3-5-11(16)7-10/h3-5,7,13H,2,6,8-9H2,1H3,(H,19,20). The Kier molecular flexibility index (Phi) is 5.08. The third-order valence-corrected chi connectivity index (χ3v) is 3.23. The molecule has 0 saturated heterocycles. The van der Waals surface area contributed by atoms with Crippen molar-refractivity contribution in [2.24, 2.45) is 5.16 Å². The Morgan fingerprint density at radius 3 is 2.91 bits per heavy atom. The quantitative estimate of drug-likeness (QED) is 0.866. The first-order valence-corrected chi connectivity index (χ1v) is 7.00. The summed E-state index contributed by atoms with van der Waals surface area (Å²) in [6, 6.07) is 5.86. The molecule has 0 aliphatic carbocycles. The van der Waals surface area contributed by atoms with Gasteiger partial charge in [0, 0.05) is 18.5 Å². The number of carbonyl (C=O) groups is 2. The van der Waals surface area contributed by atoms with Crippen molar-refractivity contribution in [1.82, 2.24) is 4.90 Å². The average Bonchev–Trinajstić information content (AvgIpc) is 2.95. The van der Waals surface area contributed by atoms with E-state index in [0.29, 0.717) is 24.2 Å². The molecule has 0 spiro atoms. The van der Waals surface area contributed by atoms with Gasteiger partial charge in [0.05, 0.1) is 5.71 Å². The summed E-state index contributed by atoms with van der Waals surface area (Å²) in [4.78, 5) is 29.5. The fraction of sp³-hybridized carbons (Fsp3) is 0.400. The zero-order valence-electron chi connectivity index (χ0n) is 12.2. The highest BCUT2D eigenvalue weighted by molar-refractivity contribution is 6.04. The molecule has 1 aliphatic rings. The molecule has 6 nitrogen and oxygen atoms in total. The number of carboxylic acid groups (broad SMARTS) is 1. The molecule has 0 bridgehead atoms. The summed E-state index contributed by atoms with van der Waals surface area (Å²) in [7, 11) is 0. The van der Waals surface area contributed by atoms with Crippen molar-refractivity contribution < 1.29 is 23.9 Å². The zero-order chi connectivity index (χ0) is 16.1. The number of hydrogen-bond donors (Lipinski definition) is 1. The highest BCUT2D eigenvalue weighted by Crippen LogP contribution is 2.19. The number of carboxylic acids is 1. The van der Waals surface area contributed by atoms with Crippen LogP contribution >= 0.6 is 0 Å². The first-order chi connectivity index (χ1) is 10.5. The Morgan fingerprint density at radius 1 is 1.50 bits per heavy atom. The van der Waals surface area contributed by atoms with Gasteiger partial charge in [-0.2, -0.15) is 0 Å². The molecule has 0 aromatic heterocycles. The molecular formula is C15H17FN2O4. The number of halogens is 1. The van der Waals surface area contributed by atoms with Gasteiger partial charge in [0.25, 0.3) is 5.91 Å². The number of oxime groups is 1. The maximum atomic E-state index is 13.2. The van der Waals surface area contributed by atoms with E-state index in [1.54, 1.807) is 12.1 Å². The Labute approximate surface area is 127 Å². The molecular weight excluding hydrogens is 291 g/mol. The summed E-state index contributed by atoms with van der Waals surface area (Å²) >= 11 is 0. The SMILES string of the molecule is CCCN(CC(=O)O)C(=O)C1CC(c2cccc(F)c2)=NO1. The Morgan fingerprint density at radius 2 is 2.27 bits per heavy atom. The molecule has 7 heteroatoms. The number of nitrogens with zero attached hydrogens (tertiary/aromatic N) is 2. The lowest BCUT2D eigenvalue weighted by atomic mass is 10.0. The van der Waals surface area contributed by atoms with Crippen LogP contribution in [0.4, 0.5) is 4.39 Å². The highest BCUT2D eigenvalue weighted by atomic mass is 19.1. The molecule has 1 N–H and O–H groups in total. The van der Waals surface area contributed by atoms with Crippen LogP contribution in [0.5, 0.6) is 0 Å². The van der Waals surface area contributed by atoms with Gasteiger partial charge in [0.1, 0.15) is 12.4 Å². The minimum atomic E-state index is -1.08. The Balaban J connectivity index is 2.03. The molecule has 1 unspecified atom stereocenters. The monoisotopic (exact) mass is 308 g/mol. The van der Waals surface area contributed by atoms with Gasteiger partial charge in [0.2, 0.25) is 6.10 Å². The maximum absolute atomic E-state index is 13.2. The van der Waals surface area contributed by atoms with E-state index in [1.165, 1.54) is 17.0 Å². The number of carbonyl (C=O) groups excluding carboxylic acids is 1. The summed E-state index contributed by atoms with van der Waals surface area (Å²) in [5.41, 5.74) is 1.03. The number of amides is 1. The fourth-order valence-corrected chi connectivity index (χ4v) is 2.25. The van der Waals surface area contributed by atoms with E-state index < -0.39 is 23.8 Å². The largest absolute Gasteiger partial charge is 0.480 e. The molecule has 1 aliphatic heterocycles. The normalized spacial score (nSPS) is 16.8. The van der Waals surface area contributed by atoms with Crippen LogP contribution in [-0.4, -0.2) is 46.8 Å². The van der Waals surface area contributed by atoms with E-state index in [-0.39, 0.29) is 13.0 Å². The molecule has 1 aromatic carbocycles. The van der Waals surface area contributed by atoms with Crippen molar-refractivity contribution in [1.29, 1.82) is 0 Å². The molecule has 1 atom stereocenters. The smallest absolute Gasteiger partial charge is 0.323 e. The van der Waals surface area contributed by atoms with Gasteiger partial charge in [-0.25, -0.2) is 4.39 Å². The number of aliphatic carboxylic acids is 1. The van der Waals surface area contributed by atoms with Gasteiger partial charge >= 0.3 is 5.97 Å². The van der Waals surface area contributed by atoms with Gasteiger partial charge in [0.15, 0.2) is 0 Å². The van der Waals surface area contributed by atoms with Gasteiger partial charge in [-0.1, -0.05) is 24.2 Å². The van der Waals surface area contributed by atoms with Gasteiger partial charge in [-0.3, -0.25) is 9.59 Å². The van der Waals surface area contributed by atoms with Crippen LogP contribution < -0.4 is 0 Å². The van der Waals surface area contributed by atoms with Crippen molar-refractivity contribution in [2.75, 3.05) is 13.1 Å². The topological polar surface area (TPSA) is 79.2 Å². The van der Waals surface area contributed by atoms with Crippen LogP contribution in [0.25, 0.3) is 0 Å². The lowest BCUT2D eigenvalue weighted by Gasteiger charge is -2.22. The molecule has 1 aromatic rings. The van der Waals surface area contributed by atoms with Gasteiger partial charge < -0.3 is 14.8 Å². The molecule has 0 radical (unpaired) electrons. The van der Waals surface area contributed by atoms with Crippen molar-refractivity contribution in [3.8, 4) is 0 Å². The molecule has 1 amide bonds.